The van der Waals surface area contributed by atoms with Crippen molar-refractivity contribution in [3.63, 3.8) is 0 Å². The lowest BCUT2D eigenvalue weighted by Crippen LogP contribution is -2.41. The Labute approximate surface area is 119 Å². The average Bonchev–Trinajstić information content (AvgIpc) is 2.47. The Morgan fingerprint density at radius 3 is 2.65 bits per heavy atom. The van der Waals surface area contributed by atoms with Gasteiger partial charge in [-0.05, 0) is 23.6 Å². The van der Waals surface area contributed by atoms with Crippen molar-refractivity contribution in [2.24, 2.45) is 5.92 Å². The minimum atomic E-state index is -1.11. The van der Waals surface area contributed by atoms with Crippen molar-refractivity contribution in [2.75, 3.05) is 6.61 Å². The molecule has 2 unspecified atom stereocenters. The van der Waals surface area contributed by atoms with Crippen molar-refractivity contribution in [3.05, 3.63) is 54.1 Å². The topological polar surface area (TPSA) is 46.5 Å². The summed E-state index contributed by atoms with van der Waals surface area (Å²) >= 11 is 0. The highest BCUT2D eigenvalue weighted by atomic mass is 16.5. The van der Waals surface area contributed by atoms with Gasteiger partial charge in [-0.1, -0.05) is 49.4 Å². The third-order valence-corrected chi connectivity index (χ3v) is 3.63. The number of benzene rings is 1. The molecule has 0 heterocycles. The van der Waals surface area contributed by atoms with E-state index in [0.717, 1.165) is 17.6 Å². The molecule has 2 rings (SSSR count). The molecule has 3 nitrogen and oxygen atoms in total. The van der Waals surface area contributed by atoms with Gasteiger partial charge in [-0.25, -0.2) is 0 Å². The predicted molar refractivity (Wildman–Crippen MR) is 78.9 cm³/mol. The van der Waals surface area contributed by atoms with Crippen molar-refractivity contribution in [1.82, 2.24) is 0 Å². The molecule has 1 N–H and O–H groups in total. The van der Waals surface area contributed by atoms with Crippen molar-refractivity contribution in [3.8, 4) is 0 Å². The number of hydrogen-bond acceptors (Lipinski definition) is 3. The molecular formula is C17H20O3. The molecule has 20 heavy (non-hydrogen) atoms. The number of carbonyl (C=O) groups excluding carboxylic acids is 1. The van der Waals surface area contributed by atoms with E-state index >= 15 is 0 Å². The van der Waals surface area contributed by atoms with Crippen molar-refractivity contribution < 1.29 is 14.6 Å². The van der Waals surface area contributed by atoms with Crippen LogP contribution in [0.1, 0.15) is 25.8 Å². The zero-order chi connectivity index (χ0) is 14.6. The summed E-state index contributed by atoms with van der Waals surface area (Å²) in [5.74, 6) is -0.443. The van der Waals surface area contributed by atoms with E-state index in [-0.39, 0.29) is 18.5 Å². The maximum Gasteiger partial charge on any atom is 0.302 e. The van der Waals surface area contributed by atoms with Crippen LogP contribution in [0.2, 0.25) is 0 Å². The summed E-state index contributed by atoms with van der Waals surface area (Å²) in [5, 5.41) is 10.6. The van der Waals surface area contributed by atoms with Crippen LogP contribution >= 0.6 is 0 Å². The van der Waals surface area contributed by atoms with Crippen LogP contribution < -0.4 is 0 Å². The fourth-order valence-electron chi connectivity index (χ4n) is 2.44. The monoisotopic (exact) mass is 272 g/mol. The minimum absolute atomic E-state index is 0.00406. The second kappa shape index (κ2) is 6.06. The zero-order valence-electron chi connectivity index (χ0n) is 11.9. The normalized spacial score (nSPS) is 25.1. The van der Waals surface area contributed by atoms with E-state index in [9.17, 15) is 9.90 Å². The Kier molecular flexibility index (Phi) is 4.40. The number of allylic oxidation sites excluding steroid dienone is 2. The van der Waals surface area contributed by atoms with Crippen LogP contribution in [0.15, 0.2) is 48.6 Å². The third-order valence-electron chi connectivity index (χ3n) is 3.63. The van der Waals surface area contributed by atoms with Gasteiger partial charge in [-0.15, -0.1) is 0 Å². The molecule has 2 atom stereocenters. The Morgan fingerprint density at radius 1 is 1.35 bits per heavy atom. The molecule has 0 saturated carbocycles. The second-order valence-electron chi connectivity index (χ2n) is 5.11. The smallest absolute Gasteiger partial charge is 0.302 e. The summed E-state index contributed by atoms with van der Waals surface area (Å²) in [6.07, 6.45) is 6.47. The average molecular weight is 272 g/mol. The molecule has 0 spiro atoms. The number of ether oxygens (including phenoxy) is 1. The van der Waals surface area contributed by atoms with E-state index in [1.807, 2.05) is 43.3 Å². The maximum absolute atomic E-state index is 10.9. The molecule has 0 saturated heterocycles. The second-order valence-corrected chi connectivity index (χ2v) is 5.11. The van der Waals surface area contributed by atoms with E-state index in [1.54, 1.807) is 6.08 Å². The number of esters is 1. The molecule has 0 bridgehead atoms. The number of rotatable bonds is 4. The first-order valence-electron chi connectivity index (χ1n) is 6.87. The fourth-order valence-corrected chi connectivity index (χ4v) is 2.44. The van der Waals surface area contributed by atoms with Crippen LogP contribution in [0.3, 0.4) is 0 Å². The molecule has 0 aliphatic heterocycles. The molecular weight excluding hydrogens is 252 g/mol. The highest BCUT2D eigenvalue weighted by Gasteiger charge is 2.35. The fraction of sp³-hybridized carbons (Fsp3) is 0.353. The highest BCUT2D eigenvalue weighted by Crippen LogP contribution is 2.33. The Hall–Kier alpha value is -1.87. The molecule has 1 aromatic carbocycles. The number of aliphatic hydroxyl groups is 1. The molecule has 0 fully saturated rings. The summed E-state index contributed by atoms with van der Waals surface area (Å²) in [5.41, 5.74) is 1.10. The lowest BCUT2D eigenvalue weighted by Gasteiger charge is -2.34. The predicted octanol–water partition coefficient (Wildman–Crippen LogP) is 2.96. The van der Waals surface area contributed by atoms with Gasteiger partial charge in [0.05, 0.1) is 0 Å². The van der Waals surface area contributed by atoms with Gasteiger partial charge in [0, 0.05) is 12.8 Å². The Balaban J connectivity index is 2.21. The van der Waals surface area contributed by atoms with Gasteiger partial charge < -0.3 is 9.84 Å². The van der Waals surface area contributed by atoms with E-state index in [0.29, 0.717) is 0 Å². The van der Waals surface area contributed by atoms with Crippen LogP contribution in [0.5, 0.6) is 0 Å². The number of carbonyl (C=O) groups is 1. The van der Waals surface area contributed by atoms with Crippen molar-refractivity contribution in [1.29, 1.82) is 0 Å². The first-order chi connectivity index (χ1) is 9.55. The van der Waals surface area contributed by atoms with Crippen molar-refractivity contribution in [2.45, 2.75) is 25.9 Å². The Morgan fingerprint density at radius 2 is 2.05 bits per heavy atom. The standard InChI is InChI=1S/C17H20O3/c1-3-16-11-15(14-7-5-4-6-8-14)9-10-17(16,19)12-20-13(2)18/h4-11,16,19H,3,12H2,1-2H3. The Bertz CT molecular complexity index is 530. The zero-order valence-corrected chi connectivity index (χ0v) is 11.9. The highest BCUT2D eigenvalue weighted by molar-refractivity contribution is 5.75. The molecule has 1 aliphatic rings. The summed E-state index contributed by atoms with van der Waals surface area (Å²) in [7, 11) is 0. The first kappa shape index (κ1) is 14.5. The van der Waals surface area contributed by atoms with Crippen LogP contribution in [0, 0.1) is 5.92 Å². The lowest BCUT2D eigenvalue weighted by molar-refractivity contribution is -0.148. The van der Waals surface area contributed by atoms with Crippen LogP contribution in [-0.2, 0) is 9.53 Å². The number of hydrogen-bond donors (Lipinski definition) is 1. The molecule has 0 radical (unpaired) electrons. The minimum Gasteiger partial charge on any atom is -0.462 e. The van der Waals surface area contributed by atoms with Gasteiger partial charge in [0.1, 0.15) is 12.2 Å². The van der Waals surface area contributed by atoms with E-state index in [2.05, 4.69) is 6.08 Å². The largest absolute Gasteiger partial charge is 0.462 e. The van der Waals surface area contributed by atoms with E-state index < -0.39 is 5.60 Å². The van der Waals surface area contributed by atoms with Crippen LogP contribution in [-0.4, -0.2) is 23.3 Å². The SMILES string of the molecule is CCC1C=C(c2ccccc2)C=CC1(O)COC(C)=O. The van der Waals surface area contributed by atoms with E-state index in [4.69, 9.17) is 4.74 Å². The van der Waals surface area contributed by atoms with Crippen molar-refractivity contribution >= 4 is 11.5 Å². The molecule has 1 aliphatic carbocycles. The van der Waals surface area contributed by atoms with Gasteiger partial charge in [-0.3, -0.25) is 4.79 Å². The quantitative estimate of drug-likeness (QED) is 0.857. The van der Waals surface area contributed by atoms with Gasteiger partial charge in [-0.2, -0.15) is 0 Å². The molecule has 106 valence electrons. The summed E-state index contributed by atoms with van der Waals surface area (Å²) in [6, 6.07) is 10.0. The van der Waals surface area contributed by atoms with Gasteiger partial charge in [0.15, 0.2) is 0 Å². The summed E-state index contributed by atoms with van der Waals surface area (Å²) in [6.45, 7) is 3.36. The summed E-state index contributed by atoms with van der Waals surface area (Å²) < 4.78 is 4.99. The van der Waals surface area contributed by atoms with Crippen LogP contribution in [0.4, 0.5) is 0 Å². The molecule has 0 aromatic heterocycles. The molecule has 0 amide bonds. The lowest BCUT2D eigenvalue weighted by atomic mass is 9.79. The third kappa shape index (κ3) is 3.17. The molecule has 3 heteroatoms. The van der Waals surface area contributed by atoms with Gasteiger partial charge in [0.25, 0.3) is 0 Å². The maximum atomic E-state index is 10.9. The van der Waals surface area contributed by atoms with Crippen LogP contribution in [0.25, 0.3) is 5.57 Å². The van der Waals surface area contributed by atoms with Gasteiger partial charge in [0.2, 0.25) is 0 Å². The van der Waals surface area contributed by atoms with E-state index in [1.165, 1.54) is 6.92 Å². The molecule has 1 aromatic rings. The first-order valence-corrected chi connectivity index (χ1v) is 6.87. The summed E-state index contributed by atoms with van der Waals surface area (Å²) in [4.78, 5) is 10.9. The van der Waals surface area contributed by atoms with Gasteiger partial charge >= 0.3 is 5.97 Å².